The molecule has 5 atom stereocenters. The van der Waals surface area contributed by atoms with Gasteiger partial charge in [-0.2, -0.15) is 8.42 Å². The molecule has 0 amide bonds. The van der Waals surface area contributed by atoms with E-state index in [1.807, 2.05) is 12.1 Å². The predicted octanol–water partition coefficient (Wildman–Crippen LogP) is 2.24. The Morgan fingerprint density at radius 1 is 0.970 bits per heavy atom. The second kappa shape index (κ2) is 9.23. The van der Waals surface area contributed by atoms with Gasteiger partial charge in [0.25, 0.3) is 10.1 Å². The number of benzene rings is 2. The van der Waals surface area contributed by atoms with Gasteiger partial charge in [0, 0.05) is 23.9 Å². The van der Waals surface area contributed by atoms with Crippen molar-refractivity contribution in [1.29, 1.82) is 0 Å². The molecule has 0 unspecified atom stereocenters. The maximum Gasteiger partial charge on any atom is 0.264 e. The summed E-state index contributed by atoms with van der Waals surface area (Å²) in [6.07, 6.45) is -3.13. The van der Waals surface area contributed by atoms with Gasteiger partial charge >= 0.3 is 0 Å². The van der Waals surface area contributed by atoms with E-state index in [2.05, 4.69) is 0 Å². The topological polar surface area (TPSA) is 97.4 Å². The van der Waals surface area contributed by atoms with Crippen LogP contribution in [0.5, 0.6) is 0 Å². The smallest absolute Gasteiger partial charge is 0.264 e. The molecule has 10 heteroatoms. The van der Waals surface area contributed by atoms with E-state index in [1.54, 1.807) is 62.4 Å². The quantitative estimate of drug-likeness (QED) is 0.406. The molecule has 0 radical (unpaired) electrons. The van der Waals surface area contributed by atoms with Crippen molar-refractivity contribution in [3.8, 4) is 0 Å². The molecular weight excluding hydrogens is 467 g/mol. The van der Waals surface area contributed by atoms with Crippen molar-refractivity contribution in [3.05, 3.63) is 60.7 Å². The van der Waals surface area contributed by atoms with Crippen LogP contribution in [0.15, 0.2) is 60.7 Å². The molecule has 33 heavy (non-hydrogen) atoms. The Hall–Kier alpha value is -1.58. The Balaban J connectivity index is 1.76. The van der Waals surface area contributed by atoms with Crippen molar-refractivity contribution >= 4 is 27.9 Å². The lowest BCUT2D eigenvalue weighted by atomic mass is 10.1. The van der Waals surface area contributed by atoms with Crippen molar-refractivity contribution in [2.24, 2.45) is 0 Å². The van der Waals surface area contributed by atoms with E-state index < -0.39 is 53.8 Å². The van der Waals surface area contributed by atoms with Crippen LogP contribution in [-0.4, -0.2) is 64.4 Å². The molecule has 0 N–H and O–H groups in total. The van der Waals surface area contributed by atoms with Gasteiger partial charge in [-0.3, -0.25) is 4.18 Å². The van der Waals surface area contributed by atoms with Gasteiger partial charge < -0.3 is 23.5 Å². The molecule has 2 fully saturated rings. The minimum absolute atomic E-state index is 0.109. The van der Waals surface area contributed by atoms with Crippen LogP contribution in [0.1, 0.15) is 13.8 Å². The zero-order chi connectivity index (χ0) is 23.9. The van der Waals surface area contributed by atoms with Crippen molar-refractivity contribution in [2.45, 2.75) is 50.3 Å². The Labute approximate surface area is 194 Å². The van der Waals surface area contributed by atoms with Crippen LogP contribution in [0.3, 0.4) is 0 Å². The zero-order valence-corrected chi connectivity index (χ0v) is 20.7. The highest BCUT2D eigenvalue weighted by atomic mass is 32.2. The van der Waals surface area contributed by atoms with E-state index in [4.69, 9.17) is 23.1 Å². The van der Waals surface area contributed by atoms with E-state index in [-0.39, 0.29) is 6.16 Å². The Morgan fingerprint density at radius 2 is 1.48 bits per heavy atom. The molecule has 2 aromatic rings. The molecule has 2 aliphatic rings. The minimum atomic E-state index is -3.92. The van der Waals surface area contributed by atoms with Crippen molar-refractivity contribution < 1.29 is 36.1 Å². The van der Waals surface area contributed by atoms with Crippen LogP contribution < -0.4 is 10.6 Å². The number of hydrogen-bond donors (Lipinski definition) is 0. The monoisotopic (exact) mass is 496 g/mol. The second-order valence-corrected chi connectivity index (χ2v) is 13.2. The summed E-state index contributed by atoms with van der Waals surface area (Å²) in [6, 6.07) is 18.0. The van der Waals surface area contributed by atoms with Gasteiger partial charge in [-0.25, -0.2) is 0 Å². The van der Waals surface area contributed by atoms with Crippen molar-refractivity contribution in [3.63, 3.8) is 0 Å². The fourth-order valence-corrected chi connectivity index (χ4v) is 7.99. The third-order valence-corrected chi connectivity index (χ3v) is 9.46. The third kappa shape index (κ3) is 5.25. The first kappa shape index (κ1) is 24.5. The van der Waals surface area contributed by atoms with Gasteiger partial charge in [-0.15, -0.1) is 0 Å². The summed E-state index contributed by atoms with van der Waals surface area (Å²) >= 11 is 0. The maximum atomic E-state index is 14.6. The summed E-state index contributed by atoms with van der Waals surface area (Å²) in [5.41, 5.74) is 0. The first-order valence-corrected chi connectivity index (χ1v) is 14.4. The molecule has 2 saturated heterocycles. The van der Waals surface area contributed by atoms with Crippen molar-refractivity contribution in [1.82, 2.24) is 0 Å². The molecule has 0 spiro atoms. The second-order valence-electron chi connectivity index (χ2n) is 8.70. The predicted molar refractivity (Wildman–Crippen MR) is 124 cm³/mol. The number of ether oxygens (including phenoxy) is 4. The lowest BCUT2D eigenvalue weighted by Crippen LogP contribution is -2.44. The number of methoxy groups -OCH3 is 1. The zero-order valence-electron chi connectivity index (χ0n) is 19.0. The Kier molecular flexibility index (Phi) is 6.86. The number of rotatable bonds is 8. The van der Waals surface area contributed by atoms with E-state index in [1.165, 1.54) is 7.11 Å². The molecule has 0 aromatic heterocycles. The number of hydrogen-bond acceptors (Lipinski definition) is 8. The minimum Gasteiger partial charge on any atom is -0.353 e. The molecule has 180 valence electrons. The van der Waals surface area contributed by atoms with Crippen molar-refractivity contribution in [2.75, 3.05) is 19.5 Å². The molecule has 8 nitrogen and oxygen atoms in total. The van der Waals surface area contributed by atoms with E-state index in [9.17, 15) is 13.0 Å². The highest BCUT2D eigenvalue weighted by Gasteiger charge is 2.59. The summed E-state index contributed by atoms with van der Waals surface area (Å²) < 4.78 is 68.1. The highest BCUT2D eigenvalue weighted by Crippen LogP contribution is 2.48. The van der Waals surface area contributed by atoms with Gasteiger partial charge in [0.15, 0.2) is 12.1 Å². The van der Waals surface area contributed by atoms with Gasteiger partial charge in [-0.05, 0) is 13.8 Å². The van der Waals surface area contributed by atoms with Crippen LogP contribution in [-0.2, 0) is 37.8 Å². The molecule has 0 aliphatic carbocycles. The first-order chi connectivity index (χ1) is 15.5. The molecule has 4 rings (SSSR count). The summed E-state index contributed by atoms with van der Waals surface area (Å²) in [5, 5.41) is 1.19. The lowest BCUT2D eigenvalue weighted by molar-refractivity contribution is -0.234. The molecule has 0 saturated carbocycles. The number of fused-ring (bicyclic) bond motifs is 1. The maximum absolute atomic E-state index is 14.6. The largest absolute Gasteiger partial charge is 0.353 e. The summed E-state index contributed by atoms with van der Waals surface area (Å²) in [5.74, 6) is -0.910. The average Bonchev–Trinajstić information content (AvgIpc) is 3.26. The standard InChI is InChI=1S/C23H29O8PS/c1-23(2)29-20-19(28-22(27-3)21(20)30-23)18(31-33(4,25)26)15-32(24,16-11-7-5-8-12-16)17-13-9-6-10-14-17/h5-14,18-22H,15H2,1-4H3/t18-,19-,20+,21+,22+/m1/s1. The van der Waals surface area contributed by atoms with E-state index in [0.717, 1.165) is 6.26 Å². The SMILES string of the molecule is CO[C@H]1O[C@H]([C@@H](CP(=O)(c2ccccc2)c2ccccc2)OS(C)(=O)=O)[C@@H]2OC(C)(C)O[C@H]12. The summed E-state index contributed by atoms with van der Waals surface area (Å²) in [4.78, 5) is 0. The van der Waals surface area contributed by atoms with Gasteiger partial charge in [0.2, 0.25) is 0 Å². The lowest BCUT2D eigenvalue weighted by Gasteiger charge is -2.31. The Morgan fingerprint density at radius 3 is 1.97 bits per heavy atom. The van der Waals surface area contributed by atoms with Crippen LogP contribution in [0.4, 0.5) is 0 Å². The van der Waals surface area contributed by atoms with Gasteiger partial charge in [0.1, 0.15) is 31.6 Å². The van der Waals surface area contributed by atoms with E-state index >= 15 is 0 Å². The van der Waals surface area contributed by atoms with Gasteiger partial charge in [0.05, 0.1) is 6.26 Å². The fourth-order valence-electron chi connectivity index (χ4n) is 4.44. The van der Waals surface area contributed by atoms with Gasteiger partial charge in [-0.1, -0.05) is 60.7 Å². The average molecular weight is 497 g/mol. The fraction of sp³-hybridized carbons (Fsp3) is 0.478. The third-order valence-electron chi connectivity index (χ3n) is 5.73. The van der Waals surface area contributed by atoms with Crippen LogP contribution in [0.2, 0.25) is 0 Å². The van der Waals surface area contributed by atoms with Crippen LogP contribution in [0.25, 0.3) is 0 Å². The molecule has 2 aliphatic heterocycles. The molecule has 2 heterocycles. The van der Waals surface area contributed by atoms with E-state index in [0.29, 0.717) is 10.6 Å². The first-order valence-electron chi connectivity index (χ1n) is 10.6. The molecular formula is C23H29O8PS. The highest BCUT2D eigenvalue weighted by molar-refractivity contribution is 7.86. The van der Waals surface area contributed by atoms with Crippen LogP contribution in [0, 0.1) is 0 Å². The Bertz CT molecular complexity index is 1060. The normalized spacial score (nSPS) is 27.9. The summed E-state index contributed by atoms with van der Waals surface area (Å²) in [6.45, 7) is 3.53. The van der Waals surface area contributed by atoms with Crippen LogP contribution >= 0.6 is 7.14 Å². The summed E-state index contributed by atoms with van der Waals surface area (Å²) in [7, 11) is -5.76. The molecule has 0 bridgehead atoms. The molecule has 2 aromatic carbocycles.